The molecule has 9 heteroatoms. The smallest absolute Gasteiger partial charge is 0.338 e. The van der Waals surface area contributed by atoms with E-state index in [0.717, 1.165) is 12.0 Å². The summed E-state index contributed by atoms with van der Waals surface area (Å²) in [7, 11) is 0. The van der Waals surface area contributed by atoms with E-state index in [9.17, 15) is 4.79 Å². The molecule has 1 unspecified atom stereocenters. The molecule has 29 heavy (non-hydrogen) atoms. The second kappa shape index (κ2) is 8.93. The Morgan fingerprint density at radius 3 is 2.72 bits per heavy atom. The van der Waals surface area contributed by atoms with Gasteiger partial charge < -0.3 is 19.5 Å². The second-order valence-corrected chi connectivity index (χ2v) is 6.95. The Kier molecular flexibility index (Phi) is 6.36. The Hall–Kier alpha value is -3.10. The molecule has 1 N–H and O–H groups in total. The second-order valence-electron chi connectivity index (χ2n) is 6.95. The molecule has 0 saturated carbocycles. The van der Waals surface area contributed by atoms with E-state index >= 15 is 0 Å². The number of ether oxygens (including phenoxy) is 3. The van der Waals surface area contributed by atoms with Crippen molar-refractivity contribution in [3.63, 3.8) is 0 Å². The van der Waals surface area contributed by atoms with Gasteiger partial charge in [-0.3, -0.25) is 0 Å². The summed E-state index contributed by atoms with van der Waals surface area (Å²) in [6.45, 7) is 10.5. The first-order valence-electron chi connectivity index (χ1n) is 9.82. The van der Waals surface area contributed by atoms with Crippen molar-refractivity contribution in [3.8, 4) is 11.5 Å². The normalized spacial score (nSPS) is 15.7. The van der Waals surface area contributed by atoms with Crippen molar-refractivity contribution < 1.29 is 19.0 Å². The summed E-state index contributed by atoms with van der Waals surface area (Å²) < 4.78 is 18.6. The summed E-state index contributed by atoms with van der Waals surface area (Å²) in [6, 6.07) is 5.06. The van der Waals surface area contributed by atoms with E-state index in [0.29, 0.717) is 41.9 Å². The highest BCUT2D eigenvalue weighted by Crippen LogP contribution is 2.38. The van der Waals surface area contributed by atoms with Crippen LogP contribution in [0, 0.1) is 0 Å². The van der Waals surface area contributed by atoms with E-state index in [4.69, 9.17) is 14.2 Å². The molecule has 1 atom stereocenters. The summed E-state index contributed by atoms with van der Waals surface area (Å²) in [6.07, 6.45) is 0.644. The van der Waals surface area contributed by atoms with Crippen molar-refractivity contribution in [1.82, 2.24) is 20.2 Å². The summed E-state index contributed by atoms with van der Waals surface area (Å²) >= 11 is 0. The first-order chi connectivity index (χ1) is 14.0. The first-order valence-corrected chi connectivity index (χ1v) is 9.82. The maximum atomic E-state index is 12.9. The number of tetrazole rings is 1. The van der Waals surface area contributed by atoms with Crippen LogP contribution in [0.1, 0.15) is 52.6 Å². The van der Waals surface area contributed by atoms with E-state index < -0.39 is 12.0 Å². The third-order valence-electron chi connectivity index (χ3n) is 4.32. The largest absolute Gasteiger partial charge is 0.490 e. The fraction of sp³-hybridized carbons (Fsp3) is 0.500. The van der Waals surface area contributed by atoms with Crippen LogP contribution in [-0.4, -0.2) is 45.5 Å². The van der Waals surface area contributed by atoms with Crippen molar-refractivity contribution in [2.24, 2.45) is 0 Å². The van der Waals surface area contributed by atoms with Gasteiger partial charge in [-0.25, -0.2) is 4.79 Å². The minimum atomic E-state index is -0.549. The van der Waals surface area contributed by atoms with Gasteiger partial charge in [0.15, 0.2) is 11.5 Å². The number of rotatable bonds is 8. The van der Waals surface area contributed by atoms with Crippen LogP contribution in [0.5, 0.6) is 11.5 Å². The third-order valence-corrected chi connectivity index (χ3v) is 4.32. The van der Waals surface area contributed by atoms with Crippen LogP contribution in [0.15, 0.2) is 29.5 Å². The highest BCUT2D eigenvalue weighted by molar-refractivity contribution is 5.92. The summed E-state index contributed by atoms with van der Waals surface area (Å²) in [5.41, 5.74) is 1.89. The molecule has 0 amide bonds. The van der Waals surface area contributed by atoms with Gasteiger partial charge >= 0.3 is 5.97 Å². The zero-order valence-electron chi connectivity index (χ0n) is 17.4. The fourth-order valence-corrected chi connectivity index (χ4v) is 3.16. The SMILES string of the molecule is CCCOc1ccc(C2C(C(=O)OC(C)C)=C(C)Nc3nnnn32)cc1OCC. The fourth-order valence-electron chi connectivity index (χ4n) is 3.16. The average molecular weight is 401 g/mol. The highest BCUT2D eigenvalue weighted by atomic mass is 16.5. The van der Waals surface area contributed by atoms with Crippen molar-refractivity contribution in [3.05, 3.63) is 35.0 Å². The zero-order valence-corrected chi connectivity index (χ0v) is 17.4. The minimum Gasteiger partial charge on any atom is -0.490 e. The lowest BCUT2D eigenvalue weighted by Gasteiger charge is -2.28. The molecule has 9 nitrogen and oxygen atoms in total. The monoisotopic (exact) mass is 401 g/mol. The summed E-state index contributed by atoms with van der Waals surface area (Å²) in [5, 5.41) is 14.9. The molecule has 1 aromatic carbocycles. The molecule has 1 aromatic heterocycles. The molecule has 1 aliphatic heterocycles. The number of nitrogens with zero attached hydrogens (tertiary/aromatic N) is 4. The van der Waals surface area contributed by atoms with E-state index in [2.05, 4.69) is 20.8 Å². The zero-order chi connectivity index (χ0) is 21.0. The number of esters is 1. The number of anilines is 1. The molecule has 0 aliphatic carbocycles. The number of carbonyl (C=O) groups excluding carboxylic acids is 1. The summed E-state index contributed by atoms with van der Waals surface area (Å²) in [4.78, 5) is 12.9. The average Bonchev–Trinajstić information content (AvgIpc) is 3.13. The Morgan fingerprint density at radius 2 is 2.03 bits per heavy atom. The molecular weight excluding hydrogens is 374 g/mol. The van der Waals surface area contributed by atoms with Crippen LogP contribution < -0.4 is 14.8 Å². The Balaban J connectivity index is 2.08. The number of hydrogen-bond acceptors (Lipinski definition) is 8. The van der Waals surface area contributed by atoms with Gasteiger partial charge in [-0.1, -0.05) is 18.1 Å². The molecule has 0 bridgehead atoms. The predicted molar refractivity (Wildman–Crippen MR) is 107 cm³/mol. The number of benzene rings is 1. The topological polar surface area (TPSA) is 100 Å². The highest BCUT2D eigenvalue weighted by Gasteiger charge is 2.35. The van der Waals surface area contributed by atoms with Crippen LogP contribution in [0.4, 0.5) is 5.95 Å². The van der Waals surface area contributed by atoms with Crippen LogP contribution in [0.25, 0.3) is 0 Å². The Labute approximate surface area is 170 Å². The van der Waals surface area contributed by atoms with Gasteiger partial charge in [0.05, 0.1) is 24.9 Å². The molecule has 0 fully saturated rings. The molecule has 3 rings (SSSR count). The Bertz CT molecular complexity index is 906. The standard InChI is InChI=1S/C20H27N5O4/c1-6-10-28-15-9-8-14(11-16(15)27-7-2)18-17(19(26)29-12(3)4)13(5)21-20-22-23-24-25(18)20/h8-9,11-12,18H,6-7,10H2,1-5H3,(H,21,22,24). The molecule has 2 aromatic rings. The number of hydrogen-bond donors (Lipinski definition) is 1. The number of aromatic nitrogens is 4. The van der Waals surface area contributed by atoms with Gasteiger partial charge in [-0.15, -0.1) is 0 Å². The van der Waals surface area contributed by atoms with E-state index in [1.165, 1.54) is 0 Å². The van der Waals surface area contributed by atoms with Crippen LogP contribution in [-0.2, 0) is 9.53 Å². The van der Waals surface area contributed by atoms with Crippen molar-refractivity contribution in [2.75, 3.05) is 18.5 Å². The molecular formula is C20H27N5O4. The number of allylic oxidation sites excluding steroid dienone is 1. The van der Waals surface area contributed by atoms with E-state index in [1.54, 1.807) is 4.68 Å². The number of nitrogens with one attached hydrogen (secondary N) is 1. The van der Waals surface area contributed by atoms with Gasteiger partial charge in [0.25, 0.3) is 0 Å². The van der Waals surface area contributed by atoms with Crippen molar-refractivity contribution >= 4 is 11.9 Å². The maximum Gasteiger partial charge on any atom is 0.338 e. The molecule has 156 valence electrons. The molecule has 1 aliphatic rings. The first kappa shape index (κ1) is 20.6. The molecule has 0 radical (unpaired) electrons. The summed E-state index contributed by atoms with van der Waals surface area (Å²) in [5.74, 6) is 1.31. The van der Waals surface area contributed by atoms with Gasteiger partial charge in [0.1, 0.15) is 6.04 Å². The maximum absolute atomic E-state index is 12.9. The van der Waals surface area contributed by atoms with Gasteiger partial charge in [-0.2, -0.15) is 4.68 Å². The quantitative estimate of drug-likeness (QED) is 0.674. The lowest BCUT2D eigenvalue weighted by molar-refractivity contribution is -0.143. The lowest BCUT2D eigenvalue weighted by Crippen LogP contribution is -2.30. The van der Waals surface area contributed by atoms with E-state index in [-0.39, 0.29) is 6.10 Å². The van der Waals surface area contributed by atoms with E-state index in [1.807, 2.05) is 52.8 Å². The van der Waals surface area contributed by atoms with Crippen LogP contribution >= 0.6 is 0 Å². The van der Waals surface area contributed by atoms with Crippen LogP contribution in [0.2, 0.25) is 0 Å². The lowest BCUT2D eigenvalue weighted by atomic mass is 9.95. The van der Waals surface area contributed by atoms with Gasteiger partial charge in [-0.05, 0) is 62.2 Å². The predicted octanol–water partition coefficient (Wildman–Crippen LogP) is 3.10. The molecule has 0 saturated heterocycles. The minimum absolute atomic E-state index is 0.248. The molecule has 0 spiro atoms. The van der Waals surface area contributed by atoms with Crippen LogP contribution in [0.3, 0.4) is 0 Å². The van der Waals surface area contributed by atoms with Gasteiger partial charge in [0.2, 0.25) is 5.95 Å². The molecule has 2 heterocycles. The number of carbonyl (C=O) groups is 1. The van der Waals surface area contributed by atoms with Crippen molar-refractivity contribution in [2.45, 2.75) is 53.2 Å². The van der Waals surface area contributed by atoms with Crippen molar-refractivity contribution in [1.29, 1.82) is 0 Å². The van der Waals surface area contributed by atoms with Gasteiger partial charge in [0, 0.05) is 5.70 Å². The number of fused-ring (bicyclic) bond motifs is 1. The Morgan fingerprint density at radius 1 is 1.24 bits per heavy atom. The third kappa shape index (κ3) is 4.33.